The first kappa shape index (κ1) is 10.6. The normalized spacial score (nSPS) is 10.9. The molecule has 0 radical (unpaired) electrons. The second kappa shape index (κ2) is 3.74. The minimum Gasteiger partial charge on any atom is -0.398 e. The number of hydrogen-bond acceptors (Lipinski definition) is 2. The molecule has 0 fully saturated rings. The molecule has 0 aliphatic carbocycles. The lowest BCUT2D eigenvalue weighted by Gasteiger charge is -2.08. The molecule has 0 atom stereocenters. The first-order valence-electron chi connectivity index (χ1n) is 5.67. The number of hydrogen-bond donors (Lipinski definition) is 2. The smallest absolute Gasteiger partial charge is 0.248 e. The summed E-state index contributed by atoms with van der Waals surface area (Å²) in [5, 5.41) is 3.96. The zero-order valence-electron chi connectivity index (χ0n) is 9.68. The van der Waals surface area contributed by atoms with Gasteiger partial charge in [0.2, 0.25) is 5.91 Å². The largest absolute Gasteiger partial charge is 0.398 e. The van der Waals surface area contributed by atoms with Crippen molar-refractivity contribution < 1.29 is 4.79 Å². The summed E-state index contributed by atoms with van der Waals surface area (Å²) < 4.78 is 0. The van der Waals surface area contributed by atoms with Crippen LogP contribution >= 0.6 is 0 Å². The Morgan fingerprint density at radius 1 is 0.889 bits per heavy atom. The van der Waals surface area contributed by atoms with E-state index in [1.807, 2.05) is 36.4 Å². The van der Waals surface area contributed by atoms with Crippen molar-refractivity contribution in [3.05, 3.63) is 54.1 Å². The lowest BCUT2D eigenvalue weighted by molar-refractivity contribution is 0.100. The van der Waals surface area contributed by atoms with E-state index in [0.29, 0.717) is 5.56 Å². The number of amides is 1. The second-order valence-electron chi connectivity index (χ2n) is 4.31. The van der Waals surface area contributed by atoms with Gasteiger partial charge in [-0.3, -0.25) is 4.79 Å². The molecular weight excluding hydrogens is 224 g/mol. The van der Waals surface area contributed by atoms with E-state index >= 15 is 0 Å². The van der Waals surface area contributed by atoms with Gasteiger partial charge in [-0.05, 0) is 29.0 Å². The van der Waals surface area contributed by atoms with Gasteiger partial charge in [-0.1, -0.05) is 30.3 Å². The van der Waals surface area contributed by atoms with Crippen LogP contribution in [0.25, 0.3) is 21.5 Å². The van der Waals surface area contributed by atoms with Crippen LogP contribution in [0, 0.1) is 0 Å². The van der Waals surface area contributed by atoms with Crippen LogP contribution in [0.5, 0.6) is 0 Å². The minimum absolute atomic E-state index is 0.427. The number of fused-ring (bicyclic) bond motifs is 2. The Balaban J connectivity index is 2.44. The summed E-state index contributed by atoms with van der Waals surface area (Å²) in [6, 6.07) is 15.3. The van der Waals surface area contributed by atoms with Gasteiger partial charge in [0.1, 0.15) is 0 Å². The Hall–Kier alpha value is -2.55. The van der Waals surface area contributed by atoms with Crippen LogP contribution in [0.3, 0.4) is 0 Å². The molecule has 3 aromatic carbocycles. The summed E-state index contributed by atoms with van der Waals surface area (Å²) in [5.74, 6) is -0.427. The summed E-state index contributed by atoms with van der Waals surface area (Å²) in [7, 11) is 0. The molecule has 0 aromatic heterocycles. The summed E-state index contributed by atoms with van der Waals surface area (Å²) in [5.41, 5.74) is 12.7. The Morgan fingerprint density at radius 2 is 1.61 bits per heavy atom. The third kappa shape index (κ3) is 1.49. The number of anilines is 1. The van der Waals surface area contributed by atoms with Crippen LogP contribution in [0.15, 0.2) is 48.5 Å². The monoisotopic (exact) mass is 236 g/mol. The van der Waals surface area contributed by atoms with Crippen molar-refractivity contribution in [1.82, 2.24) is 0 Å². The maximum absolute atomic E-state index is 11.2. The molecule has 3 heteroatoms. The van der Waals surface area contributed by atoms with E-state index in [4.69, 9.17) is 11.5 Å². The van der Waals surface area contributed by atoms with Crippen molar-refractivity contribution >= 4 is 33.1 Å². The quantitative estimate of drug-likeness (QED) is 0.503. The fourth-order valence-corrected chi connectivity index (χ4v) is 2.26. The number of primary amides is 1. The molecule has 0 heterocycles. The van der Waals surface area contributed by atoms with Gasteiger partial charge in [-0.15, -0.1) is 0 Å². The molecular formula is C15H12N2O. The third-order valence-electron chi connectivity index (χ3n) is 3.19. The molecule has 3 aromatic rings. The van der Waals surface area contributed by atoms with Gasteiger partial charge >= 0.3 is 0 Å². The molecule has 0 spiro atoms. The predicted octanol–water partition coefficient (Wildman–Crippen LogP) is 2.67. The predicted molar refractivity (Wildman–Crippen MR) is 74.4 cm³/mol. The van der Waals surface area contributed by atoms with E-state index in [0.717, 1.165) is 27.2 Å². The molecule has 0 saturated carbocycles. The summed E-state index contributed by atoms with van der Waals surface area (Å²) >= 11 is 0. The molecule has 0 bridgehead atoms. The molecule has 4 N–H and O–H groups in total. The number of nitrogen functional groups attached to an aromatic ring is 1. The summed E-state index contributed by atoms with van der Waals surface area (Å²) in [4.78, 5) is 11.2. The van der Waals surface area contributed by atoms with Gasteiger partial charge in [0.25, 0.3) is 0 Å². The molecule has 3 rings (SSSR count). The van der Waals surface area contributed by atoms with E-state index in [9.17, 15) is 4.79 Å². The maximum atomic E-state index is 11.2. The molecule has 3 nitrogen and oxygen atoms in total. The lowest BCUT2D eigenvalue weighted by atomic mass is 9.99. The minimum atomic E-state index is -0.427. The fraction of sp³-hybridized carbons (Fsp3) is 0. The first-order valence-corrected chi connectivity index (χ1v) is 5.67. The van der Waals surface area contributed by atoms with Crippen molar-refractivity contribution in [3.63, 3.8) is 0 Å². The highest BCUT2D eigenvalue weighted by atomic mass is 16.1. The number of rotatable bonds is 1. The molecule has 0 unspecified atom stereocenters. The van der Waals surface area contributed by atoms with Crippen molar-refractivity contribution in [3.8, 4) is 0 Å². The van der Waals surface area contributed by atoms with Crippen molar-refractivity contribution in [2.45, 2.75) is 0 Å². The Kier molecular flexibility index (Phi) is 2.20. The van der Waals surface area contributed by atoms with Crippen LogP contribution in [-0.4, -0.2) is 5.91 Å². The van der Waals surface area contributed by atoms with Gasteiger partial charge in [-0.25, -0.2) is 0 Å². The average Bonchev–Trinajstić information content (AvgIpc) is 2.38. The van der Waals surface area contributed by atoms with E-state index in [2.05, 4.69) is 0 Å². The van der Waals surface area contributed by atoms with Crippen molar-refractivity contribution in [1.29, 1.82) is 0 Å². The fourth-order valence-electron chi connectivity index (χ4n) is 2.26. The van der Waals surface area contributed by atoms with Crippen LogP contribution in [0.4, 0.5) is 5.69 Å². The Labute approximate surface area is 104 Å². The first-order chi connectivity index (χ1) is 8.66. The standard InChI is InChI=1S/C15H12N2O/c16-14-12-4-2-1-3-9(12)7-11-8-10(15(17)18)5-6-13(11)14/h1-8H,16H2,(H2,17,18). The van der Waals surface area contributed by atoms with E-state index in [1.165, 1.54) is 0 Å². The highest BCUT2D eigenvalue weighted by molar-refractivity contribution is 6.11. The average molecular weight is 236 g/mol. The van der Waals surface area contributed by atoms with Crippen molar-refractivity contribution in [2.75, 3.05) is 5.73 Å². The van der Waals surface area contributed by atoms with E-state index in [-0.39, 0.29) is 0 Å². The van der Waals surface area contributed by atoms with E-state index in [1.54, 1.807) is 12.1 Å². The van der Waals surface area contributed by atoms with E-state index < -0.39 is 5.91 Å². The number of nitrogens with two attached hydrogens (primary N) is 2. The lowest BCUT2D eigenvalue weighted by Crippen LogP contribution is -2.10. The zero-order chi connectivity index (χ0) is 12.7. The molecule has 1 amide bonds. The van der Waals surface area contributed by atoms with Crippen LogP contribution in [0.2, 0.25) is 0 Å². The maximum Gasteiger partial charge on any atom is 0.248 e. The molecule has 0 saturated heterocycles. The van der Waals surface area contributed by atoms with Crippen molar-refractivity contribution in [2.24, 2.45) is 5.73 Å². The molecule has 0 aliphatic rings. The molecule has 88 valence electrons. The highest BCUT2D eigenvalue weighted by Crippen LogP contribution is 2.30. The van der Waals surface area contributed by atoms with Crippen LogP contribution < -0.4 is 11.5 Å². The Bertz CT molecular complexity index is 778. The number of benzene rings is 3. The third-order valence-corrected chi connectivity index (χ3v) is 3.19. The zero-order valence-corrected chi connectivity index (χ0v) is 9.68. The summed E-state index contributed by atoms with van der Waals surface area (Å²) in [6.45, 7) is 0. The topological polar surface area (TPSA) is 69.1 Å². The Morgan fingerprint density at radius 3 is 2.39 bits per heavy atom. The summed E-state index contributed by atoms with van der Waals surface area (Å²) in [6.07, 6.45) is 0. The van der Waals surface area contributed by atoms with Crippen LogP contribution in [0.1, 0.15) is 10.4 Å². The van der Waals surface area contributed by atoms with Gasteiger partial charge < -0.3 is 11.5 Å². The number of carbonyl (C=O) groups excluding carboxylic acids is 1. The highest BCUT2D eigenvalue weighted by Gasteiger charge is 2.07. The van der Waals surface area contributed by atoms with Gasteiger partial charge in [0.15, 0.2) is 0 Å². The van der Waals surface area contributed by atoms with Gasteiger partial charge in [0.05, 0.1) is 0 Å². The molecule has 18 heavy (non-hydrogen) atoms. The second-order valence-corrected chi connectivity index (χ2v) is 4.31. The van der Waals surface area contributed by atoms with Crippen LogP contribution in [-0.2, 0) is 0 Å². The SMILES string of the molecule is NC(=O)c1ccc2c(N)c3ccccc3cc2c1. The number of carbonyl (C=O) groups is 1. The molecule has 0 aliphatic heterocycles. The van der Waals surface area contributed by atoms with Gasteiger partial charge in [0, 0.05) is 22.0 Å². The van der Waals surface area contributed by atoms with Gasteiger partial charge in [-0.2, -0.15) is 0 Å².